The molecule has 0 fully saturated rings. The second-order valence-electron chi connectivity index (χ2n) is 12.1. The van der Waals surface area contributed by atoms with E-state index in [1.165, 1.54) is 72.1 Å². The van der Waals surface area contributed by atoms with Crippen LogP contribution in [0.5, 0.6) is 0 Å². The van der Waals surface area contributed by atoms with Gasteiger partial charge in [-0.05, 0) is 85.6 Å². The Labute approximate surface area is 275 Å². The van der Waals surface area contributed by atoms with Crippen LogP contribution < -0.4 is 4.90 Å². The van der Waals surface area contributed by atoms with Crippen molar-refractivity contribution < 1.29 is 0 Å². The number of nitrogens with zero attached hydrogens (tertiary/aromatic N) is 1. The van der Waals surface area contributed by atoms with E-state index >= 15 is 0 Å². The maximum atomic E-state index is 2.42. The zero-order valence-corrected chi connectivity index (χ0v) is 25.8. The standard InChI is InChI=1S/C46H31N/c1-5-16-32(17-6-1)33-28-30-37(31-29-33)47(36-22-11-4-12-23-36)41-27-15-26-40-44(41)46-43(35-20-9-3-10-21-35)39-25-14-13-24-38(39)42(45(40)46)34-18-7-2-8-19-34/h1-31H. The Morgan fingerprint density at radius 3 is 1.28 bits per heavy atom. The topological polar surface area (TPSA) is 3.24 Å². The van der Waals surface area contributed by atoms with Crippen LogP contribution in [0.1, 0.15) is 0 Å². The number of benzene rings is 8. The highest BCUT2D eigenvalue weighted by Crippen LogP contribution is 2.62. The van der Waals surface area contributed by atoms with E-state index in [0.717, 1.165) is 11.4 Å². The van der Waals surface area contributed by atoms with Crippen molar-refractivity contribution in [3.05, 3.63) is 188 Å². The molecule has 0 spiro atoms. The number of hydrogen-bond acceptors (Lipinski definition) is 1. The normalized spacial score (nSPS) is 11.4. The summed E-state index contributed by atoms with van der Waals surface area (Å²) < 4.78 is 0. The van der Waals surface area contributed by atoms with Crippen molar-refractivity contribution in [3.63, 3.8) is 0 Å². The molecule has 220 valence electrons. The summed E-state index contributed by atoms with van der Waals surface area (Å²) in [4.78, 5) is 2.42. The maximum Gasteiger partial charge on any atom is 0.0546 e. The summed E-state index contributed by atoms with van der Waals surface area (Å²) in [5.74, 6) is 0. The van der Waals surface area contributed by atoms with Gasteiger partial charge in [0, 0.05) is 22.5 Å². The van der Waals surface area contributed by atoms with E-state index in [0.29, 0.717) is 0 Å². The Hall–Kier alpha value is -6.18. The molecule has 0 saturated heterocycles. The van der Waals surface area contributed by atoms with Gasteiger partial charge in [0.25, 0.3) is 0 Å². The van der Waals surface area contributed by atoms with Crippen LogP contribution in [0.4, 0.5) is 17.1 Å². The Kier molecular flexibility index (Phi) is 6.54. The molecule has 0 saturated carbocycles. The molecule has 0 bridgehead atoms. The van der Waals surface area contributed by atoms with E-state index in [1.54, 1.807) is 0 Å². The van der Waals surface area contributed by atoms with Crippen molar-refractivity contribution in [1.29, 1.82) is 0 Å². The SMILES string of the molecule is c1ccc(-c2ccc(N(c3ccccc3)c3cccc4c3-c3c-4c(-c4ccccc4)c4ccccc4c3-c3ccccc3)cc2)cc1. The van der Waals surface area contributed by atoms with Gasteiger partial charge < -0.3 is 4.90 Å². The van der Waals surface area contributed by atoms with Crippen molar-refractivity contribution in [1.82, 2.24) is 0 Å². The summed E-state index contributed by atoms with van der Waals surface area (Å²) in [5, 5.41) is 2.55. The second-order valence-corrected chi connectivity index (χ2v) is 12.1. The molecule has 0 heterocycles. The first-order valence-electron chi connectivity index (χ1n) is 16.2. The van der Waals surface area contributed by atoms with Gasteiger partial charge in [-0.3, -0.25) is 0 Å². The third kappa shape index (κ3) is 4.47. The molecule has 1 aliphatic rings. The molecule has 8 aromatic rings. The Morgan fingerprint density at radius 2 is 0.702 bits per heavy atom. The third-order valence-corrected chi connectivity index (χ3v) is 9.39. The maximum absolute atomic E-state index is 2.42. The molecule has 1 nitrogen and oxygen atoms in total. The van der Waals surface area contributed by atoms with E-state index < -0.39 is 0 Å². The molecular weight excluding hydrogens is 567 g/mol. The van der Waals surface area contributed by atoms with Crippen molar-refractivity contribution in [2.24, 2.45) is 0 Å². The molecule has 0 amide bonds. The van der Waals surface area contributed by atoms with Crippen molar-refractivity contribution in [2.45, 2.75) is 0 Å². The quantitative estimate of drug-likeness (QED) is 0.184. The fourth-order valence-corrected chi connectivity index (χ4v) is 7.34. The highest BCUT2D eigenvalue weighted by atomic mass is 15.1. The van der Waals surface area contributed by atoms with Crippen LogP contribution >= 0.6 is 0 Å². The van der Waals surface area contributed by atoms with Crippen LogP contribution in [0.2, 0.25) is 0 Å². The smallest absolute Gasteiger partial charge is 0.0546 e. The van der Waals surface area contributed by atoms with E-state index in [2.05, 4.69) is 193 Å². The van der Waals surface area contributed by atoms with Crippen LogP contribution in [0, 0.1) is 0 Å². The van der Waals surface area contributed by atoms with Crippen LogP contribution in [0.25, 0.3) is 66.4 Å². The number of hydrogen-bond donors (Lipinski definition) is 0. The summed E-state index contributed by atoms with van der Waals surface area (Å²) in [6.45, 7) is 0. The highest BCUT2D eigenvalue weighted by molar-refractivity contribution is 6.26. The zero-order chi connectivity index (χ0) is 31.2. The summed E-state index contributed by atoms with van der Waals surface area (Å²) in [7, 11) is 0. The number of rotatable bonds is 6. The number of para-hydroxylation sites is 1. The van der Waals surface area contributed by atoms with E-state index in [-0.39, 0.29) is 0 Å². The molecule has 1 aliphatic carbocycles. The Bertz CT molecular complexity index is 2360. The predicted octanol–water partition coefficient (Wildman–Crippen LogP) is 13.0. The molecule has 47 heavy (non-hydrogen) atoms. The van der Waals surface area contributed by atoms with Crippen LogP contribution in [-0.4, -0.2) is 0 Å². The molecule has 0 unspecified atom stereocenters. The fraction of sp³-hybridized carbons (Fsp3) is 0. The summed E-state index contributed by atoms with van der Waals surface area (Å²) >= 11 is 0. The zero-order valence-electron chi connectivity index (χ0n) is 25.8. The Morgan fingerprint density at radius 1 is 0.255 bits per heavy atom. The lowest BCUT2D eigenvalue weighted by Crippen LogP contribution is -2.15. The molecule has 1 heteroatoms. The van der Waals surface area contributed by atoms with E-state index in [1.807, 2.05) is 0 Å². The van der Waals surface area contributed by atoms with Gasteiger partial charge in [0.05, 0.1) is 5.69 Å². The molecule has 0 N–H and O–H groups in total. The van der Waals surface area contributed by atoms with Crippen molar-refractivity contribution >= 4 is 27.8 Å². The van der Waals surface area contributed by atoms with Crippen LogP contribution in [0.3, 0.4) is 0 Å². The van der Waals surface area contributed by atoms with E-state index in [4.69, 9.17) is 0 Å². The molecule has 0 radical (unpaired) electrons. The van der Waals surface area contributed by atoms with E-state index in [9.17, 15) is 0 Å². The van der Waals surface area contributed by atoms with Gasteiger partial charge in [-0.1, -0.05) is 158 Å². The molecule has 9 rings (SSSR count). The second kappa shape index (κ2) is 11.3. The molecule has 0 aromatic heterocycles. The lowest BCUT2D eigenvalue weighted by atomic mass is 9.70. The number of fused-ring (bicyclic) bond motifs is 5. The fourth-order valence-electron chi connectivity index (χ4n) is 7.34. The third-order valence-electron chi connectivity index (χ3n) is 9.39. The molecule has 0 atom stereocenters. The van der Waals surface area contributed by atoms with Gasteiger partial charge in [-0.25, -0.2) is 0 Å². The van der Waals surface area contributed by atoms with Crippen molar-refractivity contribution in [2.75, 3.05) is 4.90 Å². The minimum absolute atomic E-state index is 1.13. The van der Waals surface area contributed by atoms with Gasteiger partial charge in [-0.2, -0.15) is 0 Å². The minimum atomic E-state index is 1.13. The summed E-state index contributed by atoms with van der Waals surface area (Å²) in [5.41, 5.74) is 16.2. The summed E-state index contributed by atoms with van der Waals surface area (Å²) in [6, 6.07) is 67.8. The van der Waals surface area contributed by atoms with Gasteiger partial charge in [0.2, 0.25) is 0 Å². The van der Waals surface area contributed by atoms with Gasteiger partial charge in [-0.15, -0.1) is 0 Å². The summed E-state index contributed by atoms with van der Waals surface area (Å²) in [6.07, 6.45) is 0. The molecular formula is C46H31N. The van der Waals surface area contributed by atoms with Gasteiger partial charge in [0.1, 0.15) is 0 Å². The lowest BCUT2D eigenvalue weighted by molar-refractivity contribution is 1.28. The first-order valence-corrected chi connectivity index (χ1v) is 16.2. The van der Waals surface area contributed by atoms with Gasteiger partial charge >= 0.3 is 0 Å². The average molecular weight is 598 g/mol. The average Bonchev–Trinajstić information content (AvgIpc) is 3.15. The minimum Gasteiger partial charge on any atom is -0.310 e. The highest BCUT2D eigenvalue weighted by Gasteiger charge is 2.35. The van der Waals surface area contributed by atoms with Crippen LogP contribution in [-0.2, 0) is 0 Å². The molecule has 0 aliphatic heterocycles. The molecule has 8 aromatic carbocycles. The monoisotopic (exact) mass is 597 g/mol. The lowest BCUT2D eigenvalue weighted by Gasteiger charge is -2.37. The first-order chi connectivity index (χ1) is 23.4. The Balaban J connectivity index is 1.32. The van der Waals surface area contributed by atoms with Gasteiger partial charge in [0.15, 0.2) is 0 Å². The number of anilines is 3. The predicted molar refractivity (Wildman–Crippen MR) is 199 cm³/mol. The first kappa shape index (κ1) is 27.2. The largest absolute Gasteiger partial charge is 0.310 e. The van der Waals surface area contributed by atoms with Crippen LogP contribution in [0.15, 0.2) is 188 Å². The van der Waals surface area contributed by atoms with Crippen molar-refractivity contribution in [3.8, 4) is 55.6 Å².